The summed E-state index contributed by atoms with van der Waals surface area (Å²) in [5, 5.41) is 10.3. The van der Waals surface area contributed by atoms with Crippen molar-refractivity contribution >= 4 is 40.5 Å². The number of carboxylic acids is 1. The predicted octanol–water partition coefficient (Wildman–Crippen LogP) is 5.55. The average molecular weight is 559 g/mol. The second-order valence-corrected chi connectivity index (χ2v) is 11.9. The summed E-state index contributed by atoms with van der Waals surface area (Å²) in [5.41, 5.74) is 1.92. The third-order valence-electron chi connectivity index (χ3n) is 6.04. The number of benzene rings is 2. The van der Waals surface area contributed by atoms with Gasteiger partial charge in [0.25, 0.3) is 5.91 Å². The van der Waals surface area contributed by atoms with E-state index in [9.17, 15) is 9.59 Å². The Morgan fingerprint density at radius 1 is 1.18 bits per heavy atom. The van der Waals surface area contributed by atoms with E-state index >= 15 is 0 Å². The zero-order valence-electron chi connectivity index (χ0n) is 22.0. The van der Waals surface area contributed by atoms with E-state index in [0.717, 1.165) is 5.56 Å². The van der Waals surface area contributed by atoms with Gasteiger partial charge in [0, 0.05) is 45.9 Å². The first kappa shape index (κ1) is 27.9. The number of carbonyl (C=O) groups is 2. The molecule has 0 bridgehead atoms. The van der Waals surface area contributed by atoms with Crippen LogP contribution in [0.4, 0.5) is 5.69 Å². The highest BCUT2D eigenvalue weighted by molar-refractivity contribution is 7.11. The Hall–Kier alpha value is -3.14. The summed E-state index contributed by atoms with van der Waals surface area (Å²) < 4.78 is 17.9. The number of aromatic nitrogens is 1. The lowest BCUT2D eigenvalue weighted by atomic mass is 9.94. The Balaban J connectivity index is 1.86. The summed E-state index contributed by atoms with van der Waals surface area (Å²) in [6.07, 6.45) is 0.00780. The molecule has 0 saturated carbocycles. The van der Waals surface area contributed by atoms with E-state index in [1.165, 1.54) is 11.3 Å². The maximum atomic E-state index is 14.1. The summed E-state index contributed by atoms with van der Waals surface area (Å²) in [6.45, 7) is 6.65. The number of anilines is 1. The third-order valence-corrected chi connectivity index (χ3v) is 7.29. The molecule has 4 rings (SSSR count). The van der Waals surface area contributed by atoms with E-state index in [1.54, 1.807) is 37.4 Å². The molecule has 0 aliphatic carbocycles. The summed E-state index contributed by atoms with van der Waals surface area (Å²) in [4.78, 5) is 32.0. The Kier molecular flexibility index (Phi) is 8.30. The van der Waals surface area contributed by atoms with Crippen molar-refractivity contribution in [1.82, 2.24) is 4.98 Å². The monoisotopic (exact) mass is 558 g/mol. The standard InChI is InChI=1S/C28H31ClN2O6S/c1-28(2,3)15-31-20-10-9-16(29)11-19(20)25(18-7-6-8-21(35-4)26(18)36-5)37-22(27(31)34)13-23-30-14-17(38-23)12-24(32)33/h6-11,14,22,25H,12-13,15H2,1-5H3,(H,32,33)/t22-,25-/m1/s1. The third kappa shape index (κ3) is 6.11. The zero-order valence-corrected chi connectivity index (χ0v) is 23.6. The molecular weight excluding hydrogens is 528 g/mol. The van der Waals surface area contributed by atoms with Gasteiger partial charge in [-0.25, -0.2) is 4.98 Å². The number of carboxylic acid groups (broad SMARTS) is 1. The number of fused-ring (bicyclic) bond motifs is 1. The smallest absolute Gasteiger partial charge is 0.308 e. The SMILES string of the molecule is COc1cccc([C@H]2O[C@H](Cc3ncc(CC(=O)O)s3)C(=O)N(CC(C)(C)C)c3ccc(Cl)cc32)c1OC. The molecule has 0 fully saturated rings. The number of aliphatic carboxylic acids is 1. The van der Waals surface area contributed by atoms with Crippen molar-refractivity contribution in [2.45, 2.75) is 45.8 Å². The highest BCUT2D eigenvalue weighted by atomic mass is 35.5. The van der Waals surface area contributed by atoms with Gasteiger partial charge < -0.3 is 24.2 Å². The van der Waals surface area contributed by atoms with Crippen LogP contribution in [0.3, 0.4) is 0 Å². The molecule has 0 radical (unpaired) electrons. The van der Waals surface area contributed by atoms with Crippen LogP contribution in [0.25, 0.3) is 0 Å². The molecule has 1 amide bonds. The second-order valence-electron chi connectivity index (χ2n) is 10.3. The highest BCUT2D eigenvalue weighted by Crippen LogP contribution is 2.45. The lowest BCUT2D eigenvalue weighted by Crippen LogP contribution is -2.44. The van der Waals surface area contributed by atoms with Crippen LogP contribution in [-0.4, -0.2) is 48.8 Å². The number of nitrogens with zero attached hydrogens (tertiary/aromatic N) is 2. The number of ether oxygens (including phenoxy) is 3. The van der Waals surface area contributed by atoms with E-state index in [1.807, 2.05) is 24.3 Å². The first-order valence-corrected chi connectivity index (χ1v) is 13.3. The topological polar surface area (TPSA) is 98.2 Å². The van der Waals surface area contributed by atoms with Crippen LogP contribution in [0.15, 0.2) is 42.6 Å². The summed E-state index contributed by atoms with van der Waals surface area (Å²) in [5.74, 6) is -0.104. The number of rotatable bonds is 8. The highest BCUT2D eigenvalue weighted by Gasteiger charge is 2.39. The van der Waals surface area contributed by atoms with Gasteiger partial charge in [-0.1, -0.05) is 44.5 Å². The first-order chi connectivity index (χ1) is 18.0. The fraction of sp³-hybridized carbons (Fsp3) is 0.393. The predicted molar refractivity (Wildman–Crippen MR) is 147 cm³/mol. The van der Waals surface area contributed by atoms with Gasteiger partial charge in [0.15, 0.2) is 11.5 Å². The van der Waals surface area contributed by atoms with Gasteiger partial charge in [-0.2, -0.15) is 0 Å². The van der Waals surface area contributed by atoms with Crippen molar-refractivity contribution in [2.75, 3.05) is 25.7 Å². The van der Waals surface area contributed by atoms with E-state index < -0.39 is 18.2 Å². The van der Waals surface area contributed by atoms with Gasteiger partial charge in [-0.3, -0.25) is 9.59 Å². The number of methoxy groups -OCH3 is 2. The number of thiazole rings is 1. The van der Waals surface area contributed by atoms with Crippen molar-refractivity contribution in [1.29, 1.82) is 0 Å². The lowest BCUT2D eigenvalue weighted by Gasteiger charge is -2.31. The van der Waals surface area contributed by atoms with E-state index in [-0.39, 0.29) is 24.2 Å². The van der Waals surface area contributed by atoms with Crippen LogP contribution in [0.5, 0.6) is 11.5 Å². The van der Waals surface area contributed by atoms with Crippen molar-refractivity contribution in [3.8, 4) is 11.5 Å². The first-order valence-electron chi connectivity index (χ1n) is 12.1. The minimum Gasteiger partial charge on any atom is -0.493 e. The van der Waals surface area contributed by atoms with Crippen LogP contribution < -0.4 is 14.4 Å². The number of amides is 1. The Morgan fingerprint density at radius 2 is 1.95 bits per heavy atom. The molecule has 1 N–H and O–H groups in total. The summed E-state index contributed by atoms with van der Waals surface area (Å²) in [6, 6.07) is 11.0. The van der Waals surface area contributed by atoms with Crippen LogP contribution >= 0.6 is 22.9 Å². The molecule has 38 heavy (non-hydrogen) atoms. The van der Waals surface area contributed by atoms with Gasteiger partial charge in [0.2, 0.25) is 0 Å². The lowest BCUT2D eigenvalue weighted by molar-refractivity contribution is -0.136. The molecule has 1 aromatic heterocycles. The molecule has 8 nitrogen and oxygen atoms in total. The van der Waals surface area contributed by atoms with Crippen molar-refractivity contribution in [3.63, 3.8) is 0 Å². The van der Waals surface area contributed by atoms with Crippen LogP contribution in [0.2, 0.25) is 5.02 Å². The summed E-state index contributed by atoms with van der Waals surface area (Å²) in [7, 11) is 3.12. The largest absolute Gasteiger partial charge is 0.493 e. The van der Waals surface area contributed by atoms with E-state index in [0.29, 0.717) is 44.2 Å². The maximum Gasteiger partial charge on any atom is 0.308 e. The van der Waals surface area contributed by atoms with Gasteiger partial charge >= 0.3 is 5.97 Å². The van der Waals surface area contributed by atoms with Gasteiger partial charge in [0.1, 0.15) is 12.2 Å². The quantitative estimate of drug-likeness (QED) is 0.387. The van der Waals surface area contributed by atoms with Crippen molar-refractivity contribution in [2.24, 2.45) is 5.41 Å². The van der Waals surface area contributed by atoms with Gasteiger partial charge in [0.05, 0.1) is 25.6 Å². The minimum atomic E-state index is -0.934. The second kappa shape index (κ2) is 11.3. The molecule has 1 aliphatic heterocycles. The van der Waals surface area contributed by atoms with E-state index in [4.69, 9.17) is 30.9 Å². The number of hydrogen-bond donors (Lipinski definition) is 1. The number of halogens is 1. The van der Waals surface area contributed by atoms with Gasteiger partial charge in [-0.15, -0.1) is 11.3 Å². The van der Waals surface area contributed by atoms with Crippen LogP contribution in [-0.2, 0) is 27.2 Å². The number of para-hydroxylation sites is 1. The summed E-state index contributed by atoms with van der Waals surface area (Å²) >= 11 is 7.74. The van der Waals surface area contributed by atoms with Crippen molar-refractivity contribution < 1.29 is 28.9 Å². The van der Waals surface area contributed by atoms with Crippen LogP contribution in [0, 0.1) is 5.41 Å². The number of carbonyl (C=O) groups excluding carboxylic acids is 1. The molecule has 202 valence electrons. The fourth-order valence-corrected chi connectivity index (χ4v) is 5.66. The molecule has 3 aromatic rings. The average Bonchev–Trinajstić information content (AvgIpc) is 3.25. The number of hydrogen-bond acceptors (Lipinski definition) is 7. The van der Waals surface area contributed by atoms with Crippen LogP contribution in [0.1, 0.15) is 47.9 Å². The molecular formula is C28H31ClN2O6S. The molecule has 0 unspecified atom stereocenters. The molecule has 1 aliphatic rings. The maximum absolute atomic E-state index is 14.1. The molecule has 2 aromatic carbocycles. The Labute approximate surface area is 231 Å². The molecule has 0 saturated heterocycles. The zero-order chi connectivity index (χ0) is 27.6. The Morgan fingerprint density at radius 3 is 2.61 bits per heavy atom. The normalized spacial score (nSPS) is 17.6. The minimum absolute atomic E-state index is 0.124. The molecule has 2 atom stereocenters. The van der Waals surface area contributed by atoms with Crippen molar-refractivity contribution in [3.05, 3.63) is 68.6 Å². The fourth-order valence-electron chi connectivity index (χ4n) is 4.53. The molecule has 10 heteroatoms. The van der Waals surface area contributed by atoms with Gasteiger partial charge in [-0.05, 0) is 29.7 Å². The molecule has 2 heterocycles. The van der Waals surface area contributed by atoms with E-state index in [2.05, 4.69) is 25.8 Å². The Bertz CT molecular complexity index is 1340. The molecule has 0 spiro atoms.